The highest BCUT2D eigenvalue weighted by Crippen LogP contribution is 2.03. The third kappa shape index (κ3) is 5.71. The van der Waals surface area contributed by atoms with Crippen molar-refractivity contribution in [2.24, 2.45) is 5.73 Å². The minimum absolute atomic E-state index is 0.376. The molecule has 0 saturated carbocycles. The maximum Gasteiger partial charge on any atom is 0.326 e. The van der Waals surface area contributed by atoms with Gasteiger partial charge in [-0.2, -0.15) is 0 Å². The summed E-state index contributed by atoms with van der Waals surface area (Å²) in [5.74, 6) is -0.376. The molecule has 2 N–H and O–H groups in total. The average molecular weight is 217 g/mol. The molecule has 0 amide bonds. The van der Waals surface area contributed by atoms with E-state index in [1.54, 1.807) is 6.92 Å². The third-order valence-corrected chi connectivity index (χ3v) is 2.18. The summed E-state index contributed by atoms with van der Waals surface area (Å²) < 4.78 is 4.64. The lowest BCUT2D eigenvalue weighted by Gasteiger charge is -2.28. The maximum absolute atomic E-state index is 11.3. The van der Waals surface area contributed by atoms with Gasteiger partial charge in [0, 0.05) is 19.6 Å². The molecule has 0 rings (SSSR count). The fourth-order valence-corrected chi connectivity index (χ4v) is 1.31. The van der Waals surface area contributed by atoms with E-state index in [1.165, 1.54) is 7.11 Å². The van der Waals surface area contributed by atoms with Gasteiger partial charge in [-0.1, -0.05) is 0 Å². The molecule has 0 aromatic rings. The van der Waals surface area contributed by atoms with E-state index in [1.807, 2.05) is 26.0 Å². The largest absolute Gasteiger partial charge is 0.468 e. The highest BCUT2D eigenvalue weighted by atomic mass is 16.5. The molecule has 0 aliphatic carbocycles. The van der Waals surface area contributed by atoms with Gasteiger partial charge >= 0.3 is 5.97 Å². The van der Waals surface area contributed by atoms with Gasteiger partial charge in [0.25, 0.3) is 0 Å². The second kappa shape index (κ2) is 6.05. The monoisotopic (exact) mass is 217 g/mol. The Bertz CT molecular complexity index is 205. The van der Waals surface area contributed by atoms with Crippen LogP contribution in [0.4, 0.5) is 0 Å². The van der Waals surface area contributed by atoms with Crippen LogP contribution < -0.4 is 5.73 Å². The van der Waals surface area contributed by atoms with Gasteiger partial charge < -0.3 is 20.3 Å². The van der Waals surface area contributed by atoms with E-state index in [4.69, 9.17) is 5.73 Å². The molecule has 0 heterocycles. The van der Waals surface area contributed by atoms with Crippen molar-refractivity contribution >= 4 is 5.97 Å². The fraction of sp³-hybridized carbons (Fsp3) is 0.900. The van der Waals surface area contributed by atoms with Crippen molar-refractivity contribution in [3.05, 3.63) is 0 Å². The highest BCUT2D eigenvalue weighted by molar-refractivity contribution is 5.80. The number of hydrogen-bond acceptors (Lipinski definition) is 5. The summed E-state index contributed by atoms with van der Waals surface area (Å²) in [5.41, 5.74) is 4.91. The van der Waals surface area contributed by atoms with E-state index in [0.29, 0.717) is 6.54 Å². The number of esters is 1. The van der Waals surface area contributed by atoms with Crippen LogP contribution in [0, 0.1) is 0 Å². The molecule has 5 nitrogen and oxygen atoms in total. The van der Waals surface area contributed by atoms with Crippen molar-refractivity contribution < 1.29 is 9.53 Å². The van der Waals surface area contributed by atoms with Gasteiger partial charge in [0.1, 0.15) is 5.54 Å². The second-order valence-electron chi connectivity index (χ2n) is 4.45. The van der Waals surface area contributed by atoms with Crippen molar-refractivity contribution in [2.75, 3.05) is 47.9 Å². The topological polar surface area (TPSA) is 58.8 Å². The number of carbonyl (C=O) groups excluding carboxylic acids is 1. The number of nitrogens with zero attached hydrogens (tertiary/aromatic N) is 2. The van der Waals surface area contributed by atoms with E-state index in [2.05, 4.69) is 9.64 Å². The molecular formula is C10H23N3O2. The zero-order chi connectivity index (χ0) is 12.1. The number of carbonyl (C=O) groups is 1. The van der Waals surface area contributed by atoms with Crippen LogP contribution in [0.5, 0.6) is 0 Å². The molecule has 0 aromatic heterocycles. The van der Waals surface area contributed by atoms with E-state index >= 15 is 0 Å². The minimum Gasteiger partial charge on any atom is -0.468 e. The summed E-state index contributed by atoms with van der Waals surface area (Å²) in [6, 6.07) is 0. The van der Waals surface area contributed by atoms with Crippen molar-refractivity contribution in [3.63, 3.8) is 0 Å². The summed E-state index contributed by atoms with van der Waals surface area (Å²) in [6.07, 6.45) is 0. The zero-order valence-corrected chi connectivity index (χ0v) is 10.4. The summed E-state index contributed by atoms with van der Waals surface area (Å²) in [6.45, 7) is 3.99. The standard InChI is InChI=1S/C10H23N3O2/c1-10(11,9(14)15-5)8-13(4)7-6-12(2)3/h6-8,11H2,1-5H3. The number of hydrogen-bond donors (Lipinski definition) is 1. The van der Waals surface area contributed by atoms with Crippen molar-refractivity contribution in [3.8, 4) is 0 Å². The van der Waals surface area contributed by atoms with Crippen LogP contribution in [-0.2, 0) is 9.53 Å². The third-order valence-electron chi connectivity index (χ3n) is 2.18. The first-order valence-electron chi connectivity index (χ1n) is 5.00. The summed E-state index contributed by atoms with van der Waals surface area (Å²) >= 11 is 0. The molecule has 0 aliphatic heterocycles. The first-order valence-corrected chi connectivity index (χ1v) is 5.00. The molecule has 0 bridgehead atoms. The minimum atomic E-state index is -0.935. The van der Waals surface area contributed by atoms with Crippen LogP contribution in [0.2, 0.25) is 0 Å². The molecule has 1 unspecified atom stereocenters. The van der Waals surface area contributed by atoms with Crippen LogP contribution in [0.1, 0.15) is 6.92 Å². The first-order chi connectivity index (χ1) is 6.79. The number of nitrogens with two attached hydrogens (primary N) is 1. The van der Waals surface area contributed by atoms with Crippen molar-refractivity contribution in [1.29, 1.82) is 0 Å². The molecule has 0 aliphatic rings. The Labute approximate surface area is 92.2 Å². The Hall–Kier alpha value is -0.650. The normalized spacial score (nSPS) is 15.5. The average Bonchev–Trinajstić information content (AvgIpc) is 2.12. The van der Waals surface area contributed by atoms with E-state index in [0.717, 1.165) is 13.1 Å². The van der Waals surface area contributed by atoms with Crippen LogP contribution in [-0.4, -0.2) is 69.2 Å². The number of likely N-dealkylation sites (N-methyl/N-ethyl adjacent to an activating group) is 2. The summed E-state index contributed by atoms with van der Waals surface area (Å²) in [5, 5.41) is 0. The van der Waals surface area contributed by atoms with Crippen molar-refractivity contribution in [1.82, 2.24) is 9.80 Å². The molecule has 1 atom stereocenters. The maximum atomic E-state index is 11.3. The quantitative estimate of drug-likeness (QED) is 0.600. The fourth-order valence-electron chi connectivity index (χ4n) is 1.31. The second-order valence-corrected chi connectivity index (χ2v) is 4.45. The highest BCUT2D eigenvalue weighted by Gasteiger charge is 2.30. The molecule has 0 spiro atoms. The smallest absolute Gasteiger partial charge is 0.326 e. The van der Waals surface area contributed by atoms with Gasteiger partial charge in [0.15, 0.2) is 0 Å². The predicted octanol–water partition coefficient (Wildman–Crippen LogP) is -0.630. The SMILES string of the molecule is COC(=O)C(C)(N)CN(C)CCN(C)C. The molecule has 0 saturated heterocycles. The van der Waals surface area contributed by atoms with Crippen LogP contribution >= 0.6 is 0 Å². The Balaban J connectivity index is 4.04. The lowest BCUT2D eigenvalue weighted by atomic mass is 10.0. The molecule has 15 heavy (non-hydrogen) atoms. The van der Waals surface area contributed by atoms with Crippen LogP contribution in [0.15, 0.2) is 0 Å². The molecule has 0 radical (unpaired) electrons. The van der Waals surface area contributed by atoms with Crippen molar-refractivity contribution in [2.45, 2.75) is 12.5 Å². The number of rotatable bonds is 6. The zero-order valence-electron chi connectivity index (χ0n) is 10.4. The lowest BCUT2D eigenvalue weighted by molar-refractivity contribution is -0.147. The molecule has 90 valence electrons. The Morgan fingerprint density at radius 1 is 1.33 bits per heavy atom. The van der Waals surface area contributed by atoms with Gasteiger partial charge in [-0.05, 0) is 28.1 Å². The summed E-state index contributed by atoms with van der Waals surface area (Å²) in [4.78, 5) is 15.4. The van der Waals surface area contributed by atoms with Gasteiger partial charge in [0.05, 0.1) is 7.11 Å². The summed E-state index contributed by atoms with van der Waals surface area (Å²) in [7, 11) is 7.32. The Kier molecular flexibility index (Phi) is 5.79. The lowest BCUT2D eigenvalue weighted by Crippen LogP contribution is -2.54. The van der Waals surface area contributed by atoms with Gasteiger partial charge in [0.2, 0.25) is 0 Å². The molecule has 0 fully saturated rings. The van der Waals surface area contributed by atoms with E-state index in [9.17, 15) is 4.79 Å². The van der Waals surface area contributed by atoms with E-state index < -0.39 is 5.54 Å². The Morgan fingerprint density at radius 3 is 2.27 bits per heavy atom. The van der Waals surface area contributed by atoms with Gasteiger partial charge in [-0.3, -0.25) is 4.79 Å². The predicted molar refractivity (Wildman–Crippen MR) is 60.7 cm³/mol. The number of ether oxygens (including phenoxy) is 1. The van der Waals surface area contributed by atoms with Gasteiger partial charge in [-0.25, -0.2) is 0 Å². The molecular weight excluding hydrogens is 194 g/mol. The van der Waals surface area contributed by atoms with Crippen LogP contribution in [0.25, 0.3) is 0 Å². The van der Waals surface area contributed by atoms with E-state index in [-0.39, 0.29) is 5.97 Å². The Morgan fingerprint density at radius 2 is 1.87 bits per heavy atom. The molecule has 5 heteroatoms. The van der Waals surface area contributed by atoms with Gasteiger partial charge in [-0.15, -0.1) is 0 Å². The van der Waals surface area contributed by atoms with Crippen LogP contribution in [0.3, 0.4) is 0 Å². The first kappa shape index (κ1) is 14.3. The number of methoxy groups -OCH3 is 1. The molecule has 0 aromatic carbocycles.